The SMILES string of the molecule is CNC(=O)c1ccc(OC2CC2)c(Nc2nccc(-c3cc(C#N)c4c(c3)[C@@](C)(CO[Si](C)(C)C(C)(C)C)CN4)n2)c1. The first-order valence-corrected chi connectivity index (χ1v) is 17.3. The van der Waals surface area contributed by atoms with Gasteiger partial charge < -0.3 is 25.1 Å². The zero-order chi connectivity index (χ0) is 30.3. The third-order valence-corrected chi connectivity index (χ3v) is 13.1. The Morgan fingerprint density at radius 2 is 1.98 bits per heavy atom. The second kappa shape index (κ2) is 11.0. The maximum absolute atomic E-state index is 12.3. The maximum atomic E-state index is 12.3. The van der Waals surface area contributed by atoms with Crippen LogP contribution in [-0.2, 0) is 9.84 Å². The maximum Gasteiger partial charge on any atom is 0.251 e. The van der Waals surface area contributed by atoms with Gasteiger partial charge in [0.05, 0.1) is 28.7 Å². The van der Waals surface area contributed by atoms with Crippen molar-refractivity contribution in [1.29, 1.82) is 5.26 Å². The zero-order valence-corrected chi connectivity index (χ0v) is 26.5. The number of anilines is 3. The van der Waals surface area contributed by atoms with Gasteiger partial charge in [0.2, 0.25) is 5.95 Å². The zero-order valence-electron chi connectivity index (χ0n) is 25.5. The average Bonchev–Trinajstić information content (AvgIpc) is 3.72. The number of nitrogens with zero attached hydrogens (tertiary/aromatic N) is 3. The summed E-state index contributed by atoms with van der Waals surface area (Å²) in [5.74, 6) is 0.817. The monoisotopic (exact) mass is 584 g/mol. The van der Waals surface area contributed by atoms with Crippen LogP contribution in [0.15, 0.2) is 42.6 Å². The second-order valence-electron chi connectivity index (χ2n) is 13.0. The van der Waals surface area contributed by atoms with E-state index in [1.807, 2.05) is 12.1 Å². The molecule has 1 atom stereocenters. The van der Waals surface area contributed by atoms with Gasteiger partial charge >= 0.3 is 0 Å². The molecule has 2 aliphatic rings. The number of carbonyl (C=O) groups excluding carboxylic acids is 1. The van der Waals surface area contributed by atoms with Crippen LogP contribution < -0.4 is 20.7 Å². The molecular formula is C32H40N6O3Si. The molecule has 1 amide bonds. The quantitative estimate of drug-likeness (QED) is 0.248. The molecule has 5 rings (SSSR count). The first kappa shape index (κ1) is 29.5. The Morgan fingerprint density at radius 1 is 1.21 bits per heavy atom. The highest BCUT2D eigenvalue weighted by atomic mass is 28.4. The number of amides is 1. The molecule has 2 heterocycles. The number of hydrogen-bond acceptors (Lipinski definition) is 8. The normalized spacial score (nSPS) is 18.0. The third kappa shape index (κ3) is 5.98. The van der Waals surface area contributed by atoms with Crippen LogP contribution in [0.25, 0.3) is 11.3 Å². The van der Waals surface area contributed by atoms with Gasteiger partial charge in [-0.15, -0.1) is 0 Å². The van der Waals surface area contributed by atoms with Crippen LogP contribution in [0.5, 0.6) is 5.75 Å². The van der Waals surface area contributed by atoms with Crippen LogP contribution in [0.4, 0.5) is 17.3 Å². The van der Waals surface area contributed by atoms with Crippen LogP contribution in [-0.4, -0.2) is 50.5 Å². The Labute approximate surface area is 249 Å². The molecule has 0 saturated heterocycles. The van der Waals surface area contributed by atoms with Gasteiger partial charge in [-0.3, -0.25) is 4.79 Å². The summed E-state index contributed by atoms with van der Waals surface area (Å²) >= 11 is 0. The van der Waals surface area contributed by atoms with Crippen LogP contribution in [0, 0.1) is 11.3 Å². The molecule has 0 radical (unpaired) electrons. The minimum Gasteiger partial charge on any atom is -0.488 e. The number of ether oxygens (including phenoxy) is 1. The van der Waals surface area contributed by atoms with Crippen molar-refractivity contribution in [3.05, 3.63) is 59.3 Å². The van der Waals surface area contributed by atoms with Crippen molar-refractivity contribution in [1.82, 2.24) is 15.3 Å². The highest BCUT2D eigenvalue weighted by molar-refractivity contribution is 6.74. The van der Waals surface area contributed by atoms with Gasteiger partial charge in [0.15, 0.2) is 8.32 Å². The number of nitrogens with one attached hydrogen (secondary N) is 3. The first-order chi connectivity index (χ1) is 19.8. The number of nitriles is 1. The molecule has 3 aromatic rings. The topological polar surface area (TPSA) is 121 Å². The lowest BCUT2D eigenvalue weighted by atomic mass is 9.83. The molecule has 42 heavy (non-hydrogen) atoms. The summed E-state index contributed by atoms with van der Waals surface area (Å²) in [4.78, 5) is 21.6. The van der Waals surface area contributed by atoms with Crippen LogP contribution in [0.3, 0.4) is 0 Å². The summed E-state index contributed by atoms with van der Waals surface area (Å²) in [7, 11) is -0.367. The second-order valence-corrected chi connectivity index (χ2v) is 17.8. The van der Waals surface area contributed by atoms with Crippen LogP contribution >= 0.6 is 0 Å². The fourth-order valence-corrected chi connectivity index (χ4v) is 5.80. The third-order valence-electron chi connectivity index (χ3n) is 8.61. The molecule has 1 fully saturated rings. The van der Waals surface area contributed by atoms with Gasteiger partial charge in [-0.1, -0.05) is 27.7 Å². The molecule has 220 valence electrons. The lowest BCUT2D eigenvalue weighted by molar-refractivity contribution is 0.0963. The predicted octanol–water partition coefficient (Wildman–Crippen LogP) is 6.36. The van der Waals surface area contributed by atoms with Crippen molar-refractivity contribution in [2.75, 3.05) is 30.8 Å². The molecule has 0 unspecified atom stereocenters. The van der Waals surface area contributed by atoms with E-state index in [1.165, 1.54) is 0 Å². The Morgan fingerprint density at radius 3 is 2.64 bits per heavy atom. The van der Waals surface area contributed by atoms with Gasteiger partial charge in [0.25, 0.3) is 5.91 Å². The number of hydrogen-bond donors (Lipinski definition) is 3. The summed E-state index contributed by atoms with van der Waals surface area (Å²) in [5.41, 5.74) is 4.82. The minimum absolute atomic E-state index is 0.103. The van der Waals surface area contributed by atoms with Gasteiger partial charge in [-0.2, -0.15) is 5.26 Å². The van der Waals surface area contributed by atoms with Crippen molar-refractivity contribution in [3.63, 3.8) is 0 Å². The fourth-order valence-electron chi connectivity index (χ4n) is 4.69. The highest BCUT2D eigenvalue weighted by Crippen LogP contribution is 2.44. The molecule has 9 nitrogen and oxygen atoms in total. The Kier molecular flexibility index (Phi) is 7.77. The minimum atomic E-state index is -1.97. The number of aromatic nitrogens is 2. The molecule has 3 N–H and O–H groups in total. The molecule has 1 aliphatic heterocycles. The Balaban J connectivity index is 1.47. The molecule has 10 heteroatoms. The molecule has 1 aromatic heterocycles. The largest absolute Gasteiger partial charge is 0.488 e. The van der Waals surface area contributed by atoms with Gasteiger partial charge in [0, 0.05) is 42.9 Å². The summed E-state index contributed by atoms with van der Waals surface area (Å²) in [6, 6.07) is 13.5. The van der Waals surface area contributed by atoms with Crippen molar-refractivity contribution in [2.24, 2.45) is 0 Å². The van der Waals surface area contributed by atoms with Crippen molar-refractivity contribution >= 4 is 31.5 Å². The molecule has 1 saturated carbocycles. The van der Waals surface area contributed by atoms with E-state index in [2.05, 4.69) is 73.9 Å². The van der Waals surface area contributed by atoms with E-state index in [1.54, 1.807) is 31.4 Å². The lowest BCUT2D eigenvalue weighted by Crippen LogP contribution is -2.45. The van der Waals surface area contributed by atoms with Gasteiger partial charge in [0.1, 0.15) is 11.8 Å². The van der Waals surface area contributed by atoms with Crippen LogP contribution in [0.2, 0.25) is 18.1 Å². The molecule has 0 spiro atoms. The van der Waals surface area contributed by atoms with E-state index in [0.717, 1.165) is 29.7 Å². The number of carbonyl (C=O) groups is 1. The van der Waals surface area contributed by atoms with Crippen molar-refractivity contribution < 1.29 is 14.0 Å². The summed E-state index contributed by atoms with van der Waals surface area (Å²) in [6.45, 7) is 14.7. The lowest BCUT2D eigenvalue weighted by Gasteiger charge is -2.39. The van der Waals surface area contributed by atoms with E-state index in [4.69, 9.17) is 14.1 Å². The number of rotatable bonds is 9. The molecular weight excluding hydrogens is 544 g/mol. The fraction of sp³-hybridized carbons (Fsp3) is 0.438. The van der Waals surface area contributed by atoms with Crippen molar-refractivity contribution in [2.45, 2.75) is 70.2 Å². The predicted molar refractivity (Wildman–Crippen MR) is 168 cm³/mol. The summed E-state index contributed by atoms with van der Waals surface area (Å²) in [5, 5.41) is 19.6. The first-order valence-electron chi connectivity index (χ1n) is 14.4. The van der Waals surface area contributed by atoms with E-state index in [0.29, 0.717) is 47.4 Å². The number of benzene rings is 2. The summed E-state index contributed by atoms with van der Waals surface area (Å²) in [6.07, 6.45) is 3.89. The number of fused-ring (bicyclic) bond motifs is 1. The van der Waals surface area contributed by atoms with Gasteiger partial charge in [-0.25, -0.2) is 9.97 Å². The van der Waals surface area contributed by atoms with Gasteiger partial charge in [-0.05, 0) is 72.9 Å². The summed E-state index contributed by atoms with van der Waals surface area (Å²) < 4.78 is 12.7. The Bertz CT molecular complexity index is 1560. The molecule has 1 aliphatic carbocycles. The molecule has 0 bridgehead atoms. The van der Waals surface area contributed by atoms with E-state index >= 15 is 0 Å². The Hall–Kier alpha value is -3.94. The highest BCUT2D eigenvalue weighted by Gasteiger charge is 2.42. The van der Waals surface area contributed by atoms with Crippen molar-refractivity contribution in [3.8, 4) is 23.1 Å². The standard InChI is InChI=1S/C32H40N6O3Si/c1-31(2,3)42(6,7)40-19-32(4)18-36-28-22(17-33)14-21(15-24(28)32)25-12-13-35-30(37-25)38-26-16-20(29(39)34-5)8-11-27(26)41-23-9-10-23/h8,11-16,23,36H,9-10,18-19H2,1-7H3,(H,34,39)(H,35,37,38)/t32-/m1/s1. The average molecular weight is 585 g/mol. The molecule has 2 aromatic carbocycles. The van der Waals surface area contributed by atoms with Crippen LogP contribution in [0.1, 0.15) is 62.0 Å². The van der Waals surface area contributed by atoms with E-state index in [-0.39, 0.29) is 22.5 Å². The van der Waals surface area contributed by atoms with E-state index < -0.39 is 8.32 Å². The van der Waals surface area contributed by atoms with E-state index in [9.17, 15) is 10.1 Å². The smallest absolute Gasteiger partial charge is 0.251 e.